The van der Waals surface area contributed by atoms with E-state index in [1.54, 1.807) is 0 Å². The number of carbonyl (C=O) groups is 1. The molecule has 0 unspecified atom stereocenters. The number of allylic oxidation sites excluding steroid dienone is 1. The van der Waals surface area contributed by atoms with Gasteiger partial charge in [-0.1, -0.05) is 54.0 Å². The molecule has 0 saturated heterocycles. The zero-order valence-corrected chi connectivity index (χ0v) is 20.6. The first kappa shape index (κ1) is 22.2. The van der Waals surface area contributed by atoms with Crippen molar-refractivity contribution in [2.75, 3.05) is 0 Å². The van der Waals surface area contributed by atoms with Gasteiger partial charge in [0.2, 0.25) is 0 Å². The molecule has 1 fully saturated rings. The molecule has 3 nitrogen and oxygen atoms in total. The number of Topliss-reactive ketones (excluding diaryl/α,β-unsaturated/α-hetero) is 1. The van der Waals surface area contributed by atoms with Crippen LogP contribution in [0.25, 0.3) is 0 Å². The van der Waals surface area contributed by atoms with Crippen LogP contribution in [0, 0.1) is 22.7 Å². The molecule has 0 aromatic heterocycles. The molecule has 0 aromatic rings. The van der Waals surface area contributed by atoms with E-state index >= 15 is 0 Å². The summed E-state index contributed by atoms with van der Waals surface area (Å²) >= 11 is 0. The van der Waals surface area contributed by atoms with Gasteiger partial charge in [-0.25, -0.2) is 0 Å². The second kappa shape index (κ2) is 6.78. The topological polar surface area (TPSA) is 46.5 Å². The highest BCUT2D eigenvalue weighted by atomic mass is 28.4. The Bertz CT molecular complexity index is 684. The summed E-state index contributed by atoms with van der Waals surface area (Å²) in [5.41, 5.74) is 2.27. The maximum Gasteiger partial charge on any atom is 0.192 e. The van der Waals surface area contributed by atoms with Gasteiger partial charge in [-0.05, 0) is 72.1 Å². The number of ketones is 1. The molecule has 1 saturated carbocycles. The largest absolute Gasteiger partial charge is 0.414 e. The maximum absolute atomic E-state index is 13.2. The molecule has 0 aliphatic heterocycles. The molecule has 0 spiro atoms. The zero-order valence-electron chi connectivity index (χ0n) is 19.6. The van der Waals surface area contributed by atoms with Crippen molar-refractivity contribution in [3.05, 3.63) is 11.1 Å². The summed E-state index contributed by atoms with van der Waals surface area (Å²) in [4.78, 5) is 13.2. The Morgan fingerprint density at radius 2 is 1.75 bits per heavy atom. The van der Waals surface area contributed by atoms with E-state index in [1.807, 2.05) is 0 Å². The lowest BCUT2D eigenvalue weighted by molar-refractivity contribution is -0.131. The minimum absolute atomic E-state index is 0.00962. The first-order valence-electron chi connectivity index (χ1n) is 11.2. The lowest BCUT2D eigenvalue weighted by Gasteiger charge is -2.58. The third-order valence-corrected chi connectivity index (χ3v) is 13.5. The fourth-order valence-electron chi connectivity index (χ4n) is 6.08. The second-order valence-electron chi connectivity index (χ2n) is 12.2. The fourth-order valence-corrected chi connectivity index (χ4v) is 7.45. The molecule has 3 aliphatic carbocycles. The number of carbonyl (C=O) groups excluding carboxylic acids is 1. The van der Waals surface area contributed by atoms with Gasteiger partial charge in [0.25, 0.3) is 0 Å². The molecule has 0 bridgehead atoms. The quantitative estimate of drug-likeness (QED) is 0.583. The summed E-state index contributed by atoms with van der Waals surface area (Å²) in [7, 11) is -1.85. The molecule has 28 heavy (non-hydrogen) atoms. The predicted molar refractivity (Wildman–Crippen MR) is 118 cm³/mol. The van der Waals surface area contributed by atoms with E-state index < -0.39 is 8.32 Å². The first-order chi connectivity index (χ1) is 12.6. The van der Waals surface area contributed by atoms with Crippen LogP contribution in [0.2, 0.25) is 18.1 Å². The minimum atomic E-state index is -1.85. The molecule has 3 aliphatic rings. The number of aliphatic hydroxyl groups is 1. The number of hydrogen-bond donors (Lipinski definition) is 1. The van der Waals surface area contributed by atoms with Crippen LogP contribution in [0.15, 0.2) is 11.1 Å². The smallest absolute Gasteiger partial charge is 0.192 e. The molecule has 0 amide bonds. The van der Waals surface area contributed by atoms with Gasteiger partial charge < -0.3 is 9.53 Å². The van der Waals surface area contributed by atoms with Gasteiger partial charge in [-0.2, -0.15) is 0 Å². The standard InChI is InChI=1S/C24H42O3Si/c1-15-12-16(27-28(8,9)22(2,3)4)13-17-21(15)18(25)14-19-23(5,6)20(26)10-11-24(17,19)7/h15-16,19-20,26H,10-14H2,1-9H3/t15-,16+,19-,20-,24+/m0/s1. The van der Waals surface area contributed by atoms with Crippen molar-refractivity contribution in [1.29, 1.82) is 0 Å². The van der Waals surface area contributed by atoms with Gasteiger partial charge in [0.15, 0.2) is 14.1 Å². The first-order valence-corrected chi connectivity index (χ1v) is 14.1. The maximum atomic E-state index is 13.2. The number of fused-ring (bicyclic) bond motifs is 2. The highest BCUT2D eigenvalue weighted by Gasteiger charge is 2.57. The van der Waals surface area contributed by atoms with Crippen LogP contribution in [-0.2, 0) is 9.22 Å². The molecule has 0 radical (unpaired) electrons. The fraction of sp³-hybridized carbons (Fsp3) is 0.875. The summed E-state index contributed by atoms with van der Waals surface area (Å²) in [6.07, 6.45) is 4.16. The van der Waals surface area contributed by atoms with Crippen LogP contribution in [0.4, 0.5) is 0 Å². The summed E-state index contributed by atoms with van der Waals surface area (Å²) in [5.74, 6) is 0.825. The third-order valence-electron chi connectivity index (χ3n) is 8.98. The molecular formula is C24H42O3Si. The van der Waals surface area contributed by atoms with Gasteiger partial charge in [0, 0.05) is 12.5 Å². The van der Waals surface area contributed by atoms with Gasteiger partial charge >= 0.3 is 0 Å². The van der Waals surface area contributed by atoms with E-state index in [4.69, 9.17) is 4.43 Å². The predicted octanol–water partition coefficient (Wildman–Crippen LogP) is 5.88. The normalized spacial score (nSPS) is 38.9. The van der Waals surface area contributed by atoms with Crippen LogP contribution in [0.5, 0.6) is 0 Å². The number of rotatable bonds is 2. The van der Waals surface area contributed by atoms with Crippen molar-refractivity contribution < 1.29 is 14.3 Å². The van der Waals surface area contributed by atoms with Crippen LogP contribution < -0.4 is 0 Å². The summed E-state index contributed by atoms with van der Waals surface area (Å²) in [6, 6.07) is 0. The van der Waals surface area contributed by atoms with E-state index in [-0.39, 0.29) is 39.9 Å². The average Bonchev–Trinajstić information content (AvgIpc) is 2.52. The molecular weight excluding hydrogens is 364 g/mol. The van der Waals surface area contributed by atoms with Crippen LogP contribution in [0.3, 0.4) is 0 Å². The van der Waals surface area contributed by atoms with Gasteiger partial charge in [-0.15, -0.1) is 0 Å². The summed E-state index contributed by atoms with van der Waals surface area (Å²) < 4.78 is 6.84. The molecule has 1 N–H and O–H groups in total. The van der Waals surface area contributed by atoms with Crippen LogP contribution >= 0.6 is 0 Å². The van der Waals surface area contributed by atoms with E-state index in [2.05, 4.69) is 61.6 Å². The van der Waals surface area contributed by atoms with E-state index in [0.29, 0.717) is 12.2 Å². The van der Waals surface area contributed by atoms with Crippen molar-refractivity contribution in [2.24, 2.45) is 22.7 Å². The Hall–Kier alpha value is -0.453. The monoisotopic (exact) mass is 406 g/mol. The van der Waals surface area contributed by atoms with Gasteiger partial charge in [0.05, 0.1) is 6.10 Å². The van der Waals surface area contributed by atoms with Crippen molar-refractivity contribution in [2.45, 2.75) is 111 Å². The molecule has 3 rings (SSSR count). The zero-order chi connectivity index (χ0) is 21.3. The lowest BCUT2D eigenvalue weighted by atomic mass is 9.47. The Morgan fingerprint density at radius 3 is 2.32 bits per heavy atom. The van der Waals surface area contributed by atoms with E-state index in [0.717, 1.165) is 31.3 Å². The van der Waals surface area contributed by atoms with Gasteiger partial charge in [0.1, 0.15) is 0 Å². The number of aliphatic hydroxyl groups excluding tert-OH is 1. The lowest BCUT2D eigenvalue weighted by Crippen LogP contribution is -2.55. The molecule has 0 aromatic carbocycles. The third kappa shape index (κ3) is 3.37. The summed E-state index contributed by atoms with van der Waals surface area (Å²) in [5, 5.41) is 10.9. The molecule has 4 heteroatoms. The van der Waals surface area contributed by atoms with Crippen molar-refractivity contribution in [3.63, 3.8) is 0 Å². The molecule has 5 atom stereocenters. The van der Waals surface area contributed by atoms with Gasteiger partial charge in [-0.3, -0.25) is 4.79 Å². The summed E-state index contributed by atoms with van der Waals surface area (Å²) in [6.45, 7) is 20.5. The van der Waals surface area contributed by atoms with E-state index in [9.17, 15) is 9.90 Å². The van der Waals surface area contributed by atoms with Crippen molar-refractivity contribution in [1.82, 2.24) is 0 Å². The highest BCUT2D eigenvalue weighted by Crippen LogP contribution is 2.61. The average molecular weight is 407 g/mol. The van der Waals surface area contributed by atoms with Crippen molar-refractivity contribution in [3.8, 4) is 0 Å². The minimum Gasteiger partial charge on any atom is -0.414 e. The Labute approximate surface area is 173 Å². The molecule has 0 heterocycles. The SMILES string of the molecule is C[C@H]1C[C@@H](O[Si](C)(C)C(C)(C)C)CC2=C1C(=O)C[C@H]1C(C)(C)[C@@H](O)CC[C@]21C. The Morgan fingerprint density at radius 1 is 1.14 bits per heavy atom. The van der Waals surface area contributed by atoms with Crippen molar-refractivity contribution >= 4 is 14.1 Å². The highest BCUT2D eigenvalue weighted by molar-refractivity contribution is 6.74. The number of hydrogen-bond acceptors (Lipinski definition) is 3. The Kier molecular flexibility index (Phi) is 5.39. The van der Waals surface area contributed by atoms with Crippen LogP contribution in [-0.4, -0.2) is 31.4 Å². The van der Waals surface area contributed by atoms with E-state index in [1.165, 1.54) is 5.57 Å². The Balaban J connectivity index is 1.98. The molecule has 160 valence electrons. The second-order valence-corrected chi connectivity index (χ2v) is 17.0. The van der Waals surface area contributed by atoms with Crippen LogP contribution in [0.1, 0.15) is 80.6 Å².